The molecule has 0 unspecified atom stereocenters. The van der Waals surface area contributed by atoms with Crippen LogP contribution in [-0.2, 0) is 11.4 Å². The summed E-state index contributed by atoms with van der Waals surface area (Å²) in [6, 6.07) is 11.9. The summed E-state index contributed by atoms with van der Waals surface area (Å²) in [4.78, 5) is 11.1. The van der Waals surface area contributed by atoms with Crippen LogP contribution in [0.25, 0.3) is 5.69 Å². The van der Waals surface area contributed by atoms with Gasteiger partial charge in [0.05, 0.1) is 0 Å². The number of carbonyl (C=O) groups excluding carboxylic acids is 1. The Morgan fingerprint density at radius 2 is 1.81 bits per heavy atom. The van der Waals surface area contributed by atoms with Gasteiger partial charge < -0.3 is 15.2 Å². The van der Waals surface area contributed by atoms with Gasteiger partial charge in [-0.1, -0.05) is 12.1 Å². The van der Waals surface area contributed by atoms with Crippen molar-refractivity contribution >= 4 is 5.91 Å². The molecule has 2 N–H and O–H groups in total. The molecule has 0 aliphatic heterocycles. The average molecular weight is 373 g/mol. The quantitative estimate of drug-likeness (QED) is 0.691. The molecule has 0 aliphatic rings. The molecule has 1 aromatic heterocycles. The largest absolute Gasteiger partial charge is 0.487 e. The first-order valence-electron chi connectivity index (χ1n) is 8.12. The second-order valence-corrected chi connectivity index (χ2v) is 5.75. The van der Waals surface area contributed by atoms with E-state index < -0.39 is 23.6 Å². The molecule has 0 fully saturated rings. The van der Waals surface area contributed by atoms with Crippen molar-refractivity contribution in [2.24, 2.45) is 5.73 Å². The number of amides is 1. The minimum absolute atomic E-state index is 0.0812. The molecule has 0 spiro atoms. The molecule has 8 heteroatoms. The van der Waals surface area contributed by atoms with Crippen LogP contribution in [-0.4, -0.2) is 21.8 Å². The number of hydrogen-bond acceptors (Lipinski definition) is 4. The van der Waals surface area contributed by atoms with E-state index in [-0.39, 0.29) is 12.3 Å². The lowest BCUT2D eigenvalue weighted by Gasteiger charge is -2.12. The number of nitrogens with two attached hydrogens (primary N) is 1. The van der Waals surface area contributed by atoms with Crippen molar-refractivity contribution in [2.75, 3.05) is 0 Å². The number of hydrogen-bond donors (Lipinski definition) is 1. The third kappa shape index (κ3) is 4.41. The summed E-state index contributed by atoms with van der Waals surface area (Å²) >= 11 is 0. The first-order valence-corrected chi connectivity index (χ1v) is 8.12. The fourth-order valence-electron chi connectivity index (χ4n) is 2.33. The van der Waals surface area contributed by atoms with E-state index in [1.165, 1.54) is 12.3 Å². The van der Waals surface area contributed by atoms with Gasteiger partial charge in [-0.15, -0.1) is 0 Å². The van der Waals surface area contributed by atoms with Gasteiger partial charge in [0.25, 0.3) is 5.91 Å². The van der Waals surface area contributed by atoms with Crippen molar-refractivity contribution in [1.82, 2.24) is 9.78 Å². The molecule has 0 aliphatic carbocycles. The second-order valence-electron chi connectivity index (χ2n) is 5.75. The number of aromatic nitrogens is 2. The highest BCUT2D eigenvalue weighted by Gasteiger charge is 2.13. The predicted molar refractivity (Wildman–Crippen MR) is 93.5 cm³/mol. The molecule has 140 valence electrons. The van der Waals surface area contributed by atoms with Gasteiger partial charge in [-0.25, -0.2) is 13.5 Å². The van der Waals surface area contributed by atoms with Gasteiger partial charge in [0, 0.05) is 12.3 Å². The fraction of sp³-hybridized carbons (Fsp3) is 0.158. The predicted octanol–water partition coefficient (Wildman–Crippen LogP) is 2.98. The number of para-hydroxylation sites is 1. The van der Waals surface area contributed by atoms with Gasteiger partial charge in [-0.3, -0.25) is 4.79 Å². The Labute approximate surface area is 154 Å². The van der Waals surface area contributed by atoms with E-state index in [1.807, 2.05) is 0 Å². The van der Waals surface area contributed by atoms with Crippen LogP contribution < -0.4 is 15.2 Å². The zero-order chi connectivity index (χ0) is 19.4. The van der Waals surface area contributed by atoms with E-state index in [0.29, 0.717) is 17.2 Å². The highest BCUT2D eigenvalue weighted by atomic mass is 19.1. The number of ether oxygens (including phenoxy) is 2. The number of carbonyl (C=O) groups is 1. The van der Waals surface area contributed by atoms with Crippen LogP contribution in [0, 0.1) is 11.6 Å². The third-order valence-electron chi connectivity index (χ3n) is 3.72. The Hall–Kier alpha value is -3.42. The maximum atomic E-state index is 13.8. The van der Waals surface area contributed by atoms with E-state index in [1.54, 1.807) is 37.3 Å². The van der Waals surface area contributed by atoms with Crippen LogP contribution >= 0.6 is 0 Å². The molecule has 2 aromatic carbocycles. The molecule has 3 rings (SSSR count). The molecule has 1 amide bonds. The fourth-order valence-corrected chi connectivity index (χ4v) is 2.33. The lowest BCUT2D eigenvalue weighted by atomic mass is 10.3. The minimum atomic E-state index is -0.772. The molecular formula is C19H17F2N3O3. The van der Waals surface area contributed by atoms with Gasteiger partial charge in [-0.2, -0.15) is 5.10 Å². The van der Waals surface area contributed by atoms with Gasteiger partial charge in [0.1, 0.15) is 29.5 Å². The Kier molecular flexibility index (Phi) is 5.35. The summed E-state index contributed by atoms with van der Waals surface area (Å²) in [5, 5.41) is 4.13. The van der Waals surface area contributed by atoms with Crippen molar-refractivity contribution in [3.8, 4) is 17.2 Å². The molecule has 0 radical (unpaired) electrons. The van der Waals surface area contributed by atoms with Crippen molar-refractivity contribution in [1.29, 1.82) is 0 Å². The lowest BCUT2D eigenvalue weighted by molar-refractivity contribution is -0.123. The molecule has 0 bridgehead atoms. The minimum Gasteiger partial charge on any atom is -0.487 e. The average Bonchev–Trinajstić information content (AvgIpc) is 3.08. The lowest BCUT2D eigenvalue weighted by Crippen LogP contribution is -2.30. The Bertz CT molecular complexity index is 939. The zero-order valence-electron chi connectivity index (χ0n) is 14.4. The smallest absolute Gasteiger partial charge is 0.258 e. The Morgan fingerprint density at radius 3 is 2.52 bits per heavy atom. The maximum absolute atomic E-state index is 13.8. The van der Waals surface area contributed by atoms with Crippen LogP contribution in [0.1, 0.15) is 12.6 Å². The monoisotopic (exact) mass is 373 g/mol. The number of rotatable bonds is 7. The van der Waals surface area contributed by atoms with Crippen LogP contribution in [0.2, 0.25) is 0 Å². The second kappa shape index (κ2) is 7.86. The van der Waals surface area contributed by atoms with Crippen LogP contribution in [0.3, 0.4) is 0 Å². The Morgan fingerprint density at radius 1 is 1.15 bits per heavy atom. The molecular weight excluding hydrogens is 356 g/mol. The topological polar surface area (TPSA) is 79.4 Å². The standard InChI is InChI=1S/C19H17F2N3O3/c1-12(19(22)25)27-15-5-2-4-14(10-15)26-11-13-8-9-24(23-13)18-16(20)6-3-7-17(18)21/h2-10,12H,11H2,1H3,(H2,22,25)/t12-/m1/s1. The van der Waals surface area contributed by atoms with Crippen molar-refractivity contribution < 1.29 is 23.0 Å². The summed E-state index contributed by atoms with van der Waals surface area (Å²) in [6.45, 7) is 1.63. The van der Waals surface area contributed by atoms with Crippen LogP contribution in [0.5, 0.6) is 11.5 Å². The summed E-state index contributed by atoms with van der Waals surface area (Å²) in [7, 11) is 0. The van der Waals surface area contributed by atoms with Crippen LogP contribution in [0.4, 0.5) is 8.78 Å². The number of benzene rings is 2. The van der Waals surface area contributed by atoms with E-state index in [0.717, 1.165) is 16.8 Å². The van der Waals surface area contributed by atoms with E-state index >= 15 is 0 Å². The first-order chi connectivity index (χ1) is 12.9. The maximum Gasteiger partial charge on any atom is 0.258 e. The SMILES string of the molecule is C[C@@H](Oc1cccc(OCc2ccn(-c3c(F)cccc3F)n2)c1)C(N)=O. The van der Waals surface area contributed by atoms with Crippen molar-refractivity contribution in [2.45, 2.75) is 19.6 Å². The molecule has 3 aromatic rings. The first kappa shape index (κ1) is 18.4. The van der Waals surface area contributed by atoms with Crippen LogP contribution in [0.15, 0.2) is 54.7 Å². The normalized spacial score (nSPS) is 11.8. The molecule has 1 heterocycles. The highest BCUT2D eigenvalue weighted by Crippen LogP contribution is 2.22. The van der Waals surface area contributed by atoms with Gasteiger partial charge in [-0.05, 0) is 37.3 Å². The number of nitrogens with zero attached hydrogens (tertiary/aromatic N) is 2. The molecule has 0 saturated heterocycles. The summed E-state index contributed by atoms with van der Waals surface area (Å²) < 4.78 is 39.8. The van der Waals surface area contributed by atoms with E-state index in [9.17, 15) is 13.6 Å². The summed E-state index contributed by atoms with van der Waals surface area (Å²) in [5.74, 6) is -1.08. The molecule has 1 atom stereocenters. The highest BCUT2D eigenvalue weighted by molar-refractivity contribution is 5.78. The van der Waals surface area contributed by atoms with Crippen molar-refractivity contribution in [3.05, 3.63) is 72.1 Å². The Balaban J connectivity index is 1.68. The molecule has 0 saturated carbocycles. The zero-order valence-corrected chi connectivity index (χ0v) is 14.4. The van der Waals surface area contributed by atoms with Gasteiger partial charge in [0.15, 0.2) is 17.7 Å². The number of primary amides is 1. The van der Waals surface area contributed by atoms with Gasteiger partial charge in [0.2, 0.25) is 0 Å². The van der Waals surface area contributed by atoms with E-state index in [4.69, 9.17) is 15.2 Å². The number of halogens is 2. The summed E-state index contributed by atoms with van der Waals surface area (Å²) in [5.41, 5.74) is 5.40. The van der Waals surface area contributed by atoms with Gasteiger partial charge >= 0.3 is 0 Å². The third-order valence-corrected chi connectivity index (χ3v) is 3.72. The molecule has 27 heavy (non-hydrogen) atoms. The summed E-state index contributed by atoms with van der Waals surface area (Å²) in [6.07, 6.45) is 0.681. The molecule has 6 nitrogen and oxygen atoms in total. The van der Waals surface area contributed by atoms with Crippen molar-refractivity contribution in [3.63, 3.8) is 0 Å². The van der Waals surface area contributed by atoms with E-state index in [2.05, 4.69) is 5.10 Å².